The number of aromatic nitrogens is 4. The molecule has 34 heavy (non-hydrogen) atoms. The van der Waals surface area contributed by atoms with Crippen LogP contribution in [0.4, 0.5) is 5.69 Å². The number of hydrogen-bond donors (Lipinski definition) is 3. The molecule has 0 fully saturated rings. The molecule has 0 spiro atoms. The van der Waals surface area contributed by atoms with Gasteiger partial charge in [-0.05, 0) is 30.0 Å². The maximum atomic E-state index is 12.7. The van der Waals surface area contributed by atoms with Crippen molar-refractivity contribution in [2.75, 3.05) is 5.32 Å². The van der Waals surface area contributed by atoms with E-state index in [1.54, 1.807) is 24.3 Å². The molecule has 0 saturated heterocycles. The molecule has 10 nitrogen and oxygen atoms in total. The van der Waals surface area contributed by atoms with Crippen LogP contribution in [0.1, 0.15) is 51.4 Å². The Morgan fingerprint density at radius 2 is 1.85 bits per heavy atom. The highest BCUT2D eigenvalue weighted by molar-refractivity contribution is 5.91. The molecule has 182 valence electrons. The summed E-state index contributed by atoms with van der Waals surface area (Å²) in [7, 11) is 0. The molecule has 2 aromatic heterocycles. The molecule has 2 heterocycles. The van der Waals surface area contributed by atoms with Crippen LogP contribution in [0, 0.1) is 5.92 Å². The Morgan fingerprint density at radius 1 is 1.15 bits per heavy atom. The summed E-state index contributed by atoms with van der Waals surface area (Å²) < 4.78 is 3.33. The molecule has 3 aromatic rings. The van der Waals surface area contributed by atoms with Crippen LogP contribution in [0.3, 0.4) is 0 Å². The summed E-state index contributed by atoms with van der Waals surface area (Å²) in [6.45, 7) is 7.11. The lowest BCUT2D eigenvalue weighted by Gasteiger charge is -2.12. The average Bonchev–Trinajstić information content (AvgIpc) is 3.11. The van der Waals surface area contributed by atoms with Gasteiger partial charge in [-0.2, -0.15) is 0 Å². The summed E-state index contributed by atoms with van der Waals surface area (Å²) >= 11 is 0. The second kappa shape index (κ2) is 11.0. The predicted octanol–water partition coefficient (Wildman–Crippen LogP) is 1.94. The smallest absolute Gasteiger partial charge is 0.330 e. The van der Waals surface area contributed by atoms with Crippen molar-refractivity contribution in [3.8, 4) is 0 Å². The molecule has 1 aromatic carbocycles. The predicted molar refractivity (Wildman–Crippen MR) is 131 cm³/mol. The number of carbonyl (C=O) groups is 2. The third-order valence-electron chi connectivity index (χ3n) is 5.44. The maximum absolute atomic E-state index is 12.7. The number of hydrogen-bond acceptors (Lipinski definition) is 5. The van der Waals surface area contributed by atoms with E-state index in [4.69, 9.17) is 5.73 Å². The minimum atomic E-state index is -0.468. The van der Waals surface area contributed by atoms with Crippen LogP contribution in [-0.4, -0.2) is 30.9 Å². The van der Waals surface area contributed by atoms with Gasteiger partial charge in [-0.3, -0.25) is 23.9 Å². The lowest BCUT2D eigenvalue weighted by Crippen LogP contribution is -2.31. The lowest BCUT2D eigenvalue weighted by atomic mass is 10.1. The van der Waals surface area contributed by atoms with Crippen molar-refractivity contribution in [2.24, 2.45) is 11.7 Å². The van der Waals surface area contributed by atoms with Crippen LogP contribution in [0.15, 0.2) is 33.9 Å². The Labute approximate surface area is 197 Å². The minimum absolute atomic E-state index is 0.142. The molecule has 4 N–H and O–H groups in total. The number of nitrogens with zero attached hydrogens (tertiary/aromatic N) is 3. The molecule has 0 aliphatic rings. The second-order valence-corrected chi connectivity index (χ2v) is 8.86. The summed E-state index contributed by atoms with van der Waals surface area (Å²) in [4.78, 5) is 55.8. The van der Waals surface area contributed by atoms with Crippen LogP contribution >= 0.6 is 0 Å². The van der Waals surface area contributed by atoms with Gasteiger partial charge in [0.2, 0.25) is 11.8 Å². The van der Waals surface area contributed by atoms with E-state index in [0.717, 1.165) is 18.4 Å². The van der Waals surface area contributed by atoms with Crippen LogP contribution < -0.4 is 22.3 Å². The largest absolute Gasteiger partial charge is 0.369 e. The van der Waals surface area contributed by atoms with Gasteiger partial charge < -0.3 is 15.6 Å². The Morgan fingerprint density at radius 3 is 2.47 bits per heavy atom. The Bertz CT molecular complexity index is 1280. The molecule has 0 aliphatic heterocycles. The zero-order valence-corrected chi connectivity index (χ0v) is 19.9. The highest BCUT2D eigenvalue weighted by atomic mass is 16.2. The third kappa shape index (κ3) is 6.00. The van der Waals surface area contributed by atoms with E-state index in [1.165, 1.54) is 4.57 Å². The number of nitrogens with two attached hydrogens (primary N) is 1. The number of amides is 2. The first-order chi connectivity index (χ1) is 16.2. The number of aryl methyl sites for hydroxylation is 2. The highest BCUT2D eigenvalue weighted by Crippen LogP contribution is 2.17. The summed E-state index contributed by atoms with van der Waals surface area (Å²) in [5.41, 5.74) is 6.38. The number of anilines is 1. The van der Waals surface area contributed by atoms with E-state index >= 15 is 0 Å². The SMILES string of the molecule is CCCCn1c(=O)[nH]c(=O)c2c1nc(CCC(=O)Nc1ccc(CC(N)=O)cc1)n2CC(C)C. The Kier molecular flexibility index (Phi) is 8.04. The molecule has 0 saturated carbocycles. The molecule has 0 aliphatic carbocycles. The van der Waals surface area contributed by atoms with Crippen molar-refractivity contribution >= 4 is 28.7 Å². The first kappa shape index (κ1) is 24.9. The first-order valence-corrected chi connectivity index (χ1v) is 11.6. The number of primary amides is 1. The summed E-state index contributed by atoms with van der Waals surface area (Å²) in [6, 6.07) is 6.92. The zero-order valence-electron chi connectivity index (χ0n) is 19.9. The van der Waals surface area contributed by atoms with E-state index in [-0.39, 0.29) is 24.7 Å². The number of nitrogens with one attached hydrogen (secondary N) is 2. The van der Waals surface area contributed by atoms with Crippen molar-refractivity contribution < 1.29 is 9.59 Å². The van der Waals surface area contributed by atoms with Crippen LogP contribution in [0.25, 0.3) is 11.2 Å². The summed E-state index contributed by atoms with van der Waals surface area (Å²) in [6.07, 6.45) is 2.29. The lowest BCUT2D eigenvalue weighted by molar-refractivity contribution is -0.117. The van der Waals surface area contributed by atoms with Crippen LogP contribution in [0.2, 0.25) is 0 Å². The molecular formula is C24H32N6O4. The monoisotopic (exact) mass is 468 g/mol. The fourth-order valence-electron chi connectivity index (χ4n) is 3.85. The fraction of sp³-hybridized carbons (Fsp3) is 0.458. The summed E-state index contributed by atoms with van der Waals surface area (Å²) in [5, 5.41) is 2.83. The van der Waals surface area contributed by atoms with Crippen molar-refractivity contribution in [3.63, 3.8) is 0 Å². The molecule has 0 unspecified atom stereocenters. The summed E-state index contributed by atoms with van der Waals surface area (Å²) in [5.74, 6) is 0.208. The minimum Gasteiger partial charge on any atom is -0.369 e. The van der Waals surface area contributed by atoms with Gasteiger partial charge in [0.05, 0.1) is 6.42 Å². The van der Waals surface area contributed by atoms with Crippen LogP contribution in [-0.2, 0) is 35.5 Å². The van der Waals surface area contributed by atoms with Gasteiger partial charge in [0, 0.05) is 31.6 Å². The Hall–Kier alpha value is -3.69. The normalized spacial score (nSPS) is 11.3. The molecule has 3 rings (SSSR count). The van der Waals surface area contributed by atoms with Gasteiger partial charge >= 0.3 is 5.69 Å². The number of H-pyrrole nitrogens is 1. The van der Waals surface area contributed by atoms with E-state index in [9.17, 15) is 19.2 Å². The van der Waals surface area contributed by atoms with Gasteiger partial charge in [0.15, 0.2) is 11.2 Å². The molecule has 0 radical (unpaired) electrons. The molecular weight excluding hydrogens is 436 g/mol. The quantitative estimate of drug-likeness (QED) is 0.394. The van der Waals surface area contributed by atoms with E-state index in [2.05, 4.69) is 15.3 Å². The molecule has 0 atom stereocenters. The number of aromatic amines is 1. The topological polar surface area (TPSA) is 145 Å². The van der Waals surface area contributed by atoms with E-state index in [0.29, 0.717) is 42.2 Å². The van der Waals surface area contributed by atoms with Gasteiger partial charge in [-0.15, -0.1) is 0 Å². The van der Waals surface area contributed by atoms with Crippen LogP contribution in [0.5, 0.6) is 0 Å². The number of imidazole rings is 1. The number of rotatable bonds is 11. The third-order valence-corrected chi connectivity index (χ3v) is 5.44. The Balaban J connectivity index is 1.83. The van der Waals surface area contributed by atoms with Gasteiger partial charge in [-0.1, -0.05) is 39.3 Å². The standard InChI is InChI=1S/C24H32N6O4/c1-4-5-12-29-22-21(23(33)28-24(29)34)30(14-15(2)3)19(27-22)10-11-20(32)26-17-8-6-16(7-9-17)13-18(25)31/h6-9,15H,4-5,10-14H2,1-3H3,(H2,25,31)(H,26,32)(H,28,33,34). The van der Waals surface area contributed by atoms with Gasteiger partial charge in [-0.25, -0.2) is 9.78 Å². The molecule has 0 bridgehead atoms. The van der Waals surface area contributed by atoms with Crippen molar-refractivity contribution in [2.45, 2.75) is 66.0 Å². The maximum Gasteiger partial charge on any atom is 0.330 e. The van der Waals surface area contributed by atoms with Crippen molar-refractivity contribution in [1.29, 1.82) is 0 Å². The van der Waals surface area contributed by atoms with Gasteiger partial charge in [0.1, 0.15) is 5.82 Å². The van der Waals surface area contributed by atoms with E-state index in [1.807, 2.05) is 25.3 Å². The first-order valence-electron chi connectivity index (χ1n) is 11.6. The van der Waals surface area contributed by atoms with Crippen molar-refractivity contribution in [3.05, 3.63) is 56.5 Å². The van der Waals surface area contributed by atoms with Gasteiger partial charge in [0.25, 0.3) is 5.56 Å². The van der Waals surface area contributed by atoms with E-state index < -0.39 is 17.2 Å². The molecule has 10 heteroatoms. The van der Waals surface area contributed by atoms with Crippen molar-refractivity contribution in [1.82, 2.24) is 19.1 Å². The zero-order chi connectivity index (χ0) is 24.8. The highest BCUT2D eigenvalue weighted by Gasteiger charge is 2.19. The number of benzene rings is 1. The average molecular weight is 469 g/mol. The second-order valence-electron chi connectivity index (χ2n) is 8.86. The number of unbranched alkanes of at least 4 members (excludes halogenated alkanes) is 1. The number of fused-ring (bicyclic) bond motifs is 1. The fourth-order valence-corrected chi connectivity index (χ4v) is 3.85. The molecule has 2 amide bonds. The number of carbonyl (C=O) groups excluding carboxylic acids is 2.